The molecule has 2 aromatic rings. The van der Waals surface area contributed by atoms with Crippen LogP contribution in [-0.2, 0) is 22.4 Å². The number of ether oxygens (including phenoxy) is 2. The molecular formula is C21H23Cl2FO4. The number of alkyl halides is 1. The summed E-state index contributed by atoms with van der Waals surface area (Å²) in [5.74, 6) is -0.645. The molecule has 0 bridgehead atoms. The van der Waals surface area contributed by atoms with Crippen LogP contribution < -0.4 is 4.74 Å². The van der Waals surface area contributed by atoms with Crippen molar-refractivity contribution in [2.75, 3.05) is 6.61 Å². The molecule has 2 atom stereocenters. The van der Waals surface area contributed by atoms with E-state index in [1.165, 1.54) is 6.07 Å². The third-order valence-electron chi connectivity index (χ3n) is 3.90. The van der Waals surface area contributed by atoms with Crippen LogP contribution >= 0.6 is 23.2 Å². The van der Waals surface area contributed by atoms with Gasteiger partial charge in [-0.3, -0.25) is 0 Å². The molecule has 0 aliphatic carbocycles. The molecule has 4 nitrogen and oxygen atoms in total. The van der Waals surface area contributed by atoms with Crippen LogP contribution in [0.5, 0.6) is 5.75 Å². The van der Waals surface area contributed by atoms with E-state index in [1.54, 1.807) is 50.2 Å². The Morgan fingerprint density at radius 3 is 2.39 bits per heavy atom. The molecule has 0 aliphatic rings. The van der Waals surface area contributed by atoms with Gasteiger partial charge < -0.3 is 14.6 Å². The fourth-order valence-corrected chi connectivity index (χ4v) is 3.17. The molecule has 0 unspecified atom stereocenters. The van der Waals surface area contributed by atoms with Crippen LogP contribution in [0.15, 0.2) is 42.5 Å². The van der Waals surface area contributed by atoms with Crippen LogP contribution in [0, 0.1) is 0 Å². The number of halogens is 3. The lowest BCUT2D eigenvalue weighted by molar-refractivity contribution is -0.153. The van der Waals surface area contributed by atoms with Crippen molar-refractivity contribution in [1.82, 2.24) is 0 Å². The van der Waals surface area contributed by atoms with E-state index in [1.807, 2.05) is 0 Å². The lowest BCUT2D eigenvalue weighted by Gasteiger charge is -2.17. The SMILES string of the molecule is CC(C)O[C@@H](Cc1cccc(C[C@H](F)COc2ccc(Cl)cc2Cl)c1)C(=O)O. The average Bonchev–Trinajstić information content (AvgIpc) is 2.60. The fraction of sp³-hybridized carbons (Fsp3) is 0.381. The van der Waals surface area contributed by atoms with E-state index >= 15 is 0 Å². The van der Waals surface area contributed by atoms with Gasteiger partial charge in [-0.05, 0) is 43.2 Å². The average molecular weight is 429 g/mol. The molecule has 0 amide bonds. The Kier molecular flexibility index (Phi) is 8.55. The Morgan fingerprint density at radius 1 is 1.11 bits per heavy atom. The number of aliphatic carboxylic acids is 1. The van der Waals surface area contributed by atoms with Gasteiger partial charge in [0.1, 0.15) is 18.5 Å². The number of hydrogen-bond acceptors (Lipinski definition) is 3. The Balaban J connectivity index is 1.94. The first-order valence-corrected chi connectivity index (χ1v) is 9.68. The van der Waals surface area contributed by atoms with E-state index in [4.69, 9.17) is 32.7 Å². The van der Waals surface area contributed by atoms with Gasteiger partial charge in [0.25, 0.3) is 0 Å². The number of carboxylic acid groups (broad SMARTS) is 1. The third kappa shape index (κ3) is 7.30. The summed E-state index contributed by atoms with van der Waals surface area (Å²) in [4.78, 5) is 11.3. The van der Waals surface area contributed by atoms with Gasteiger partial charge in [0.15, 0.2) is 6.10 Å². The Hall–Kier alpha value is -1.82. The van der Waals surface area contributed by atoms with Crippen molar-refractivity contribution >= 4 is 29.2 Å². The lowest BCUT2D eigenvalue weighted by atomic mass is 10.0. The second-order valence-electron chi connectivity index (χ2n) is 6.72. The molecule has 0 spiro atoms. The second kappa shape index (κ2) is 10.6. The van der Waals surface area contributed by atoms with E-state index in [9.17, 15) is 14.3 Å². The van der Waals surface area contributed by atoms with Gasteiger partial charge >= 0.3 is 5.97 Å². The quantitative estimate of drug-likeness (QED) is 0.552. The minimum atomic E-state index is -1.25. The standard InChI is InChI=1S/C21H23Cl2FO4/c1-13(2)28-20(21(25)26)10-15-5-3-4-14(8-15)9-17(24)12-27-19-7-6-16(22)11-18(19)23/h3-8,11,13,17,20H,9-10,12H2,1-2H3,(H,25,26)/t17-,20-/m0/s1. The minimum Gasteiger partial charge on any atom is -0.489 e. The molecule has 0 aliphatic heterocycles. The summed E-state index contributed by atoms with van der Waals surface area (Å²) in [6.07, 6.45) is -2.02. The summed E-state index contributed by atoms with van der Waals surface area (Å²) in [6.45, 7) is 3.42. The highest BCUT2D eigenvalue weighted by Gasteiger charge is 2.20. The summed E-state index contributed by atoms with van der Waals surface area (Å²) in [6, 6.07) is 11.9. The van der Waals surface area contributed by atoms with Gasteiger partial charge in [0.05, 0.1) is 11.1 Å². The highest BCUT2D eigenvalue weighted by atomic mass is 35.5. The fourth-order valence-electron chi connectivity index (χ4n) is 2.71. The molecule has 0 saturated heterocycles. The van der Waals surface area contributed by atoms with E-state index in [-0.39, 0.29) is 25.6 Å². The van der Waals surface area contributed by atoms with Crippen LogP contribution in [0.2, 0.25) is 10.0 Å². The van der Waals surface area contributed by atoms with E-state index in [0.717, 1.165) is 11.1 Å². The van der Waals surface area contributed by atoms with Crippen molar-refractivity contribution in [3.05, 3.63) is 63.6 Å². The monoisotopic (exact) mass is 428 g/mol. The van der Waals surface area contributed by atoms with Gasteiger partial charge in [-0.1, -0.05) is 47.5 Å². The summed E-state index contributed by atoms with van der Waals surface area (Å²) < 4.78 is 25.2. The van der Waals surface area contributed by atoms with Crippen molar-refractivity contribution in [2.24, 2.45) is 0 Å². The smallest absolute Gasteiger partial charge is 0.333 e. The molecule has 2 rings (SSSR count). The topological polar surface area (TPSA) is 55.8 Å². The predicted molar refractivity (Wildman–Crippen MR) is 108 cm³/mol. The number of hydrogen-bond donors (Lipinski definition) is 1. The summed E-state index contributed by atoms with van der Waals surface area (Å²) in [5, 5.41) is 10.1. The third-order valence-corrected chi connectivity index (χ3v) is 4.43. The molecule has 7 heteroatoms. The number of carboxylic acids is 1. The molecule has 28 heavy (non-hydrogen) atoms. The van der Waals surface area contributed by atoms with Crippen LogP contribution in [0.1, 0.15) is 25.0 Å². The zero-order valence-corrected chi connectivity index (χ0v) is 17.2. The van der Waals surface area contributed by atoms with Gasteiger partial charge in [-0.2, -0.15) is 0 Å². The maximum absolute atomic E-state index is 14.4. The maximum Gasteiger partial charge on any atom is 0.333 e. The minimum absolute atomic E-state index is 0.141. The van der Waals surface area contributed by atoms with Gasteiger partial charge in [0, 0.05) is 17.9 Å². The Morgan fingerprint density at radius 2 is 1.79 bits per heavy atom. The summed E-state index contributed by atoms with van der Waals surface area (Å²) >= 11 is 11.8. The Bertz CT molecular complexity index is 798. The number of rotatable bonds is 10. The maximum atomic E-state index is 14.4. The predicted octanol–water partition coefficient (Wildman–Crippen LogP) is 5.37. The van der Waals surface area contributed by atoms with Crippen LogP contribution in [0.25, 0.3) is 0 Å². The molecule has 2 aromatic carbocycles. The summed E-state index contributed by atoms with van der Waals surface area (Å²) in [5.41, 5.74) is 1.53. The molecule has 0 aromatic heterocycles. The second-order valence-corrected chi connectivity index (χ2v) is 7.57. The van der Waals surface area contributed by atoms with Crippen molar-refractivity contribution in [3.8, 4) is 5.75 Å². The van der Waals surface area contributed by atoms with Gasteiger partial charge in [-0.15, -0.1) is 0 Å². The highest BCUT2D eigenvalue weighted by molar-refractivity contribution is 6.35. The molecule has 1 N–H and O–H groups in total. The number of carbonyl (C=O) groups is 1. The first-order chi connectivity index (χ1) is 13.2. The van der Waals surface area contributed by atoms with E-state index in [0.29, 0.717) is 15.8 Å². The van der Waals surface area contributed by atoms with Crippen LogP contribution in [0.3, 0.4) is 0 Å². The van der Waals surface area contributed by atoms with Crippen molar-refractivity contribution < 1.29 is 23.8 Å². The first-order valence-electron chi connectivity index (χ1n) is 8.92. The highest BCUT2D eigenvalue weighted by Crippen LogP contribution is 2.27. The molecule has 0 saturated carbocycles. The first kappa shape index (κ1) is 22.5. The van der Waals surface area contributed by atoms with E-state index in [2.05, 4.69) is 0 Å². The van der Waals surface area contributed by atoms with E-state index < -0.39 is 18.2 Å². The van der Waals surface area contributed by atoms with Crippen molar-refractivity contribution in [1.29, 1.82) is 0 Å². The number of benzene rings is 2. The molecular weight excluding hydrogens is 406 g/mol. The molecule has 152 valence electrons. The Labute approximate surface area is 174 Å². The van der Waals surface area contributed by atoms with Gasteiger partial charge in [0.2, 0.25) is 0 Å². The zero-order chi connectivity index (χ0) is 20.7. The van der Waals surface area contributed by atoms with Crippen LogP contribution in [0.4, 0.5) is 4.39 Å². The molecule has 0 radical (unpaired) electrons. The van der Waals surface area contributed by atoms with Crippen molar-refractivity contribution in [3.63, 3.8) is 0 Å². The van der Waals surface area contributed by atoms with Crippen LogP contribution in [-0.4, -0.2) is 36.1 Å². The summed E-state index contributed by atoms with van der Waals surface area (Å²) in [7, 11) is 0. The molecule has 0 fully saturated rings. The normalized spacial score (nSPS) is 13.4. The lowest BCUT2D eigenvalue weighted by Crippen LogP contribution is -2.29. The zero-order valence-electron chi connectivity index (χ0n) is 15.7. The largest absolute Gasteiger partial charge is 0.489 e. The van der Waals surface area contributed by atoms with Crippen molar-refractivity contribution in [2.45, 2.75) is 45.1 Å². The molecule has 0 heterocycles. The van der Waals surface area contributed by atoms with Gasteiger partial charge in [-0.25, -0.2) is 9.18 Å².